The Labute approximate surface area is 118 Å². The second-order valence-electron chi connectivity index (χ2n) is 4.29. The molecule has 0 saturated carbocycles. The van der Waals surface area contributed by atoms with Crippen molar-refractivity contribution in [3.8, 4) is 0 Å². The van der Waals surface area contributed by atoms with E-state index in [9.17, 15) is 5.11 Å². The number of anilines is 1. The van der Waals surface area contributed by atoms with Gasteiger partial charge in [0.1, 0.15) is 5.82 Å². The highest BCUT2D eigenvalue weighted by Gasteiger charge is 2.09. The predicted molar refractivity (Wildman–Crippen MR) is 78.3 cm³/mol. The zero-order valence-corrected chi connectivity index (χ0v) is 11.6. The number of hydrogen-bond donors (Lipinski definition) is 1. The molecule has 0 aliphatic heterocycles. The zero-order chi connectivity index (χ0) is 13.7. The van der Waals surface area contributed by atoms with Gasteiger partial charge in [-0.1, -0.05) is 41.9 Å². The van der Waals surface area contributed by atoms with E-state index in [0.717, 1.165) is 18.9 Å². The molecule has 0 unspecified atom stereocenters. The molecule has 1 heterocycles. The average molecular weight is 277 g/mol. The van der Waals surface area contributed by atoms with Crippen LogP contribution in [0.25, 0.3) is 0 Å². The van der Waals surface area contributed by atoms with Crippen LogP contribution >= 0.6 is 11.6 Å². The second-order valence-corrected chi connectivity index (χ2v) is 4.70. The summed E-state index contributed by atoms with van der Waals surface area (Å²) in [6.45, 7) is 3.64. The van der Waals surface area contributed by atoms with Crippen molar-refractivity contribution in [2.24, 2.45) is 0 Å². The van der Waals surface area contributed by atoms with Gasteiger partial charge in [-0.25, -0.2) is 4.98 Å². The van der Waals surface area contributed by atoms with Crippen LogP contribution in [-0.2, 0) is 13.2 Å². The molecule has 1 aromatic heterocycles. The SMILES string of the molecule is CCN(Cc1ccccc1)c1cc(CO)c(Cl)cn1. The van der Waals surface area contributed by atoms with E-state index >= 15 is 0 Å². The van der Waals surface area contributed by atoms with Crippen molar-refractivity contribution in [3.05, 3.63) is 58.7 Å². The quantitative estimate of drug-likeness (QED) is 0.911. The maximum atomic E-state index is 9.26. The molecule has 0 saturated heterocycles. The van der Waals surface area contributed by atoms with Gasteiger partial charge in [0.15, 0.2) is 0 Å². The maximum absolute atomic E-state index is 9.26. The van der Waals surface area contributed by atoms with Crippen LogP contribution in [0.2, 0.25) is 5.02 Å². The minimum atomic E-state index is -0.0722. The van der Waals surface area contributed by atoms with Crippen LogP contribution in [0.1, 0.15) is 18.1 Å². The largest absolute Gasteiger partial charge is 0.392 e. The molecule has 2 aromatic rings. The number of nitrogens with zero attached hydrogens (tertiary/aromatic N) is 2. The van der Waals surface area contributed by atoms with Gasteiger partial charge in [0.2, 0.25) is 0 Å². The second kappa shape index (κ2) is 6.55. The van der Waals surface area contributed by atoms with Crippen LogP contribution < -0.4 is 4.90 Å². The molecule has 0 radical (unpaired) electrons. The zero-order valence-electron chi connectivity index (χ0n) is 10.9. The molecule has 1 N–H and O–H groups in total. The summed E-state index contributed by atoms with van der Waals surface area (Å²) >= 11 is 5.96. The first-order chi connectivity index (χ1) is 9.24. The molecule has 0 bridgehead atoms. The lowest BCUT2D eigenvalue weighted by molar-refractivity contribution is 0.282. The van der Waals surface area contributed by atoms with Gasteiger partial charge in [-0.05, 0) is 18.6 Å². The van der Waals surface area contributed by atoms with E-state index in [-0.39, 0.29) is 6.61 Å². The fourth-order valence-corrected chi connectivity index (χ4v) is 2.08. The Balaban J connectivity index is 2.22. The molecule has 0 aliphatic rings. The van der Waals surface area contributed by atoms with Gasteiger partial charge in [-0.2, -0.15) is 0 Å². The molecule has 19 heavy (non-hydrogen) atoms. The highest BCUT2D eigenvalue weighted by atomic mass is 35.5. The summed E-state index contributed by atoms with van der Waals surface area (Å²) in [5, 5.41) is 9.76. The lowest BCUT2D eigenvalue weighted by Crippen LogP contribution is -2.23. The summed E-state index contributed by atoms with van der Waals surface area (Å²) in [5.74, 6) is 0.833. The van der Waals surface area contributed by atoms with Crippen molar-refractivity contribution >= 4 is 17.4 Å². The fraction of sp³-hybridized carbons (Fsp3) is 0.267. The molecule has 0 amide bonds. The van der Waals surface area contributed by atoms with Crippen molar-refractivity contribution in [3.63, 3.8) is 0 Å². The third-order valence-electron chi connectivity index (χ3n) is 3.01. The molecular formula is C15H17ClN2O. The summed E-state index contributed by atoms with van der Waals surface area (Å²) in [5.41, 5.74) is 1.94. The van der Waals surface area contributed by atoms with Crippen LogP contribution in [0.3, 0.4) is 0 Å². The molecule has 100 valence electrons. The van der Waals surface area contributed by atoms with Gasteiger partial charge in [0, 0.05) is 24.8 Å². The molecule has 3 nitrogen and oxygen atoms in total. The normalized spacial score (nSPS) is 10.5. The van der Waals surface area contributed by atoms with Crippen molar-refractivity contribution in [2.75, 3.05) is 11.4 Å². The number of aromatic nitrogens is 1. The van der Waals surface area contributed by atoms with E-state index in [0.29, 0.717) is 10.6 Å². The van der Waals surface area contributed by atoms with Gasteiger partial charge >= 0.3 is 0 Å². The molecule has 2 rings (SSSR count). The molecule has 0 atom stereocenters. The topological polar surface area (TPSA) is 36.4 Å². The highest BCUT2D eigenvalue weighted by Crippen LogP contribution is 2.21. The Morgan fingerprint density at radius 3 is 2.63 bits per heavy atom. The number of hydrogen-bond acceptors (Lipinski definition) is 3. The highest BCUT2D eigenvalue weighted by molar-refractivity contribution is 6.31. The predicted octanol–water partition coefficient (Wildman–Crippen LogP) is 3.25. The summed E-state index contributed by atoms with van der Waals surface area (Å²) < 4.78 is 0. The minimum Gasteiger partial charge on any atom is -0.392 e. The molecule has 4 heteroatoms. The lowest BCUT2D eigenvalue weighted by atomic mass is 10.2. The van der Waals surface area contributed by atoms with Gasteiger partial charge < -0.3 is 10.0 Å². The third-order valence-corrected chi connectivity index (χ3v) is 3.35. The first-order valence-corrected chi connectivity index (χ1v) is 6.66. The maximum Gasteiger partial charge on any atom is 0.129 e. The first-order valence-electron chi connectivity index (χ1n) is 6.28. The van der Waals surface area contributed by atoms with Gasteiger partial charge in [0.25, 0.3) is 0 Å². The molecule has 0 aliphatic carbocycles. The molecular weight excluding hydrogens is 260 g/mol. The Kier molecular flexibility index (Phi) is 4.77. The monoisotopic (exact) mass is 276 g/mol. The standard InChI is InChI=1S/C15H17ClN2O/c1-2-18(10-12-6-4-3-5-7-12)15-8-13(11-19)14(16)9-17-15/h3-9,19H,2,10-11H2,1H3. The van der Waals surface area contributed by atoms with Crippen LogP contribution in [0, 0.1) is 0 Å². The van der Waals surface area contributed by atoms with Crippen LogP contribution in [0.15, 0.2) is 42.6 Å². The summed E-state index contributed by atoms with van der Waals surface area (Å²) in [6, 6.07) is 12.1. The van der Waals surface area contributed by atoms with E-state index in [1.807, 2.05) is 24.3 Å². The molecule has 1 aromatic carbocycles. The van der Waals surface area contributed by atoms with Gasteiger partial charge in [-0.3, -0.25) is 0 Å². The summed E-state index contributed by atoms with van der Waals surface area (Å²) in [6.07, 6.45) is 1.59. The van der Waals surface area contributed by atoms with E-state index in [2.05, 4.69) is 28.9 Å². The summed E-state index contributed by atoms with van der Waals surface area (Å²) in [7, 11) is 0. The van der Waals surface area contributed by atoms with Crippen molar-refractivity contribution in [1.82, 2.24) is 4.98 Å². The van der Waals surface area contributed by atoms with Crippen molar-refractivity contribution in [1.29, 1.82) is 0 Å². The number of halogens is 1. The summed E-state index contributed by atoms with van der Waals surface area (Å²) in [4.78, 5) is 6.48. The lowest BCUT2D eigenvalue weighted by Gasteiger charge is -2.22. The van der Waals surface area contributed by atoms with Crippen LogP contribution in [0.5, 0.6) is 0 Å². The third kappa shape index (κ3) is 3.46. The van der Waals surface area contributed by atoms with E-state index in [1.54, 1.807) is 6.20 Å². The van der Waals surface area contributed by atoms with Gasteiger partial charge in [0.05, 0.1) is 11.6 Å². The number of benzene rings is 1. The number of rotatable bonds is 5. The smallest absolute Gasteiger partial charge is 0.129 e. The Morgan fingerprint density at radius 1 is 1.26 bits per heavy atom. The molecule has 0 fully saturated rings. The number of pyridine rings is 1. The van der Waals surface area contributed by atoms with E-state index in [1.165, 1.54) is 5.56 Å². The van der Waals surface area contributed by atoms with Gasteiger partial charge in [-0.15, -0.1) is 0 Å². The van der Waals surface area contributed by atoms with Crippen molar-refractivity contribution in [2.45, 2.75) is 20.1 Å². The van der Waals surface area contributed by atoms with E-state index in [4.69, 9.17) is 11.6 Å². The van der Waals surface area contributed by atoms with Crippen LogP contribution in [-0.4, -0.2) is 16.6 Å². The minimum absolute atomic E-state index is 0.0722. The number of aliphatic hydroxyl groups excluding tert-OH is 1. The van der Waals surface area contributed by atoms with E-state index < -0.39 is 0 Å². The Bertz CT molecular complexity index is 531. The first kappa shape index (κ1) is 13.8. The number of aliphatic hydroxyl groups is 1. The average Bonchev–Trinajstić information content (AvgIpc) is 2.46. The van der Waals surface area contributed by atoms with Crippen LogP contribution in [0.4, 0.5) is 5.82 Å². The Hall–Kier alpha value is -1.58. The van der Waals surface area contributed by atoms with Crippen molar-refractivity contribution < 1.29 is 5.11 Å². The molecule has 0 spiro atoms. The fourth-order valence-electron chi connectivity index (χ4n) is 1.92. The Morgan fingerprint density at radius 2 is 2.00 bits per heavy atom.